The molecular formula is C14H16N2O3. The molecule has 2 rings (SSSR count). The van der Waals surface area contributed by atoms with Crippen molar-refractivity contribution in [1.29, 1.82) is 0 Å². The lowest BCUT2D eigenvalue weighted by atomic mass is 9.99. The van der Waals surface area contributed by atoms with Crippen molar-refractivity contribution in [3.8, 4) is 0 Å². The Hall–Kier alpha value is -2.30. The van der Waals surface area contributed by atoms with Crippen LogP contribution in [0.2, 0.25) is 0 Å². The number of carbonyl (C=O) groups is 2. The molecule has 0 saturated heterocycles. The molecule has 0 aliphatic rings. The van der Waals surface area contributed by atoms with Crippen LogP contribution in [-0.2, 0) is 4.79 Å². The van der Waals surface area contributed by atoms with Crippen molar-refractivity contribution < 1.29 is 14.7 Å². The van der Waals surface area contributed by atoms with Gasteiger partial charge in [0.25, 0.3) is 5.91 Å². The van der Waals surface area contributed by atoms with Gasteiger partial charge in [-0.3, -0.25) is 4.79 Å². The van der Waals surface area contributed by atoms with Crippen LogP contribution in [0.1, 0.15) is 30.8 Å². The van der Waals surface area contributed by atoms with Crippen molar-refractivity contribution in [1.82, 2.24) is 10.3 Å². The maximum atomic E-state index is 12.1. The van der Waals surface area contributed by atoms with Crippen LogP contribution in [0.15, 0.2) is 30.3 Å². The summed E-state index contributed by atoms with van der Waals surface area (Å²) in [6, 6.07) is 9.21. The number of aromatic amines is 1. The van der Waals surface area contributed by atoms with E-state index < -0.39 is 17.4 Å². The van der Waals surface area contributed by atoms with Crippen LogP contribution in [0, 0.1) is 0 Å². The molecule has 1 unspecified atom stereocenters. The van der Waals surface area contributed by atoms with Crippen LogP contribution in [-0.4, -0.2) is 27.5 Å². The molecule has 1 amide bonds. The molecule has 2 aromatic rings. The molecule has 19 heavy (non-hydrogen) atoms. The van der Waals surface area contributed by atoms with Gasteiger partial charge in [0.1, 0.15) is 11.2 Å². The second-order valence-corrected chi connectivity index (χ2v) is 4.72. The summed E-state index contributed by atoms with van der Waals surface area (Å²) >= 11 is 0. The van der Waals surface area contributed by atoms with Gasteiger partial charge in [-0.2, -0.15) is 0 Å². The highest BCUT2D eigenvalue weighted by Crippen LogP contribution is 2.16. The van der Waals surface area contributed by atoms with Crippen molar-refractivity contribution in [3.63, 3.8) is 0 Å². The Labute approximate surface area is 110 Å². The minimum atomic E-state index is -1.26. The zero-order valence-electron chi connectivity index (χ0n) is 10.9. The van der Waals surface area contributed by atoms with E-state index in [1.54, 1.807) is 13.0 Å². The summed E-state index contributed by atoms with van der Waals surface area (Å²) in [6.07, 6.45) is 0.314. The van der Waals surface area contributed by atoms with Gasteiger partial charge in [-0.25, -0.2) is 4.79 Å². The predicted octanol–water partition coefficient (Wildman–Crippen LogP) is 2.15. The lowest BCUT2D eigenvalue weighted by Gasteiger charge is -2.24. The van der Waals surface area contributed by atoms with Gasteiger partial charge in [0.2, 0.25) is 0 Å². The van der Waals surface area contributed by atoms with Crippen LogP contribution >= 0.6 is 0 Å². The quantitative estimate of drug-likeness (QED) is 0.787. The van der Waals surface area contributed by atoms with Crippen molar-refractivity contribution in [2.45, 2.75) is 25.8 Å². The van der Waals surface area contributed by atoms with Gasteiger partial charge < -0.3 is 15.4 Å². The van der Waals surface area contributed by atoms with E-state index in [2.05, 4.69) is 10.3 Å². The monoisotopic (exact) mass is 260 g/mol. The third-order valence-electron chi connectivity index (χ3n) is 3.34. The Morgan fingerprint density at radius 3 is 2.63 bits per heavy atom. The van der Waals surface area contributed by atoms with Crippen molar-refractivity contribution in [3.05, 3.63) is 36.0 Å². The normalized spacial score (nSPS) is 14.0. The second kappa shape index (κ2) is 4.76. The molecule has 0 aliphatic carbocycles. The zero-order chi connectivity index (χ0) is 14.0. The number of carbonyl (C=O) groups excluding carboxylic acids is 1. The number of aromatic nitrogens is 1. The Kier molecular flexibility index (Phi) is 3.29. The third kappa shape index (κ3) is 2.45. The van der Waals surface area contributed by atoms with Crippen molar-refractivity contribution in [2.75, 3.05) is 0 Å². The number of hydrogen-bond acceptors (Lipinski definition) is 2. The summed E-state index contributed by atoms with van der Waals surface area (Å²) in [5, 5.41) is 12.6. The van der Waals surface area contributed by atoms with Crippen molar-refractivity contribution in [2.24, 2.45) is 0 Å². The van der Waals surface area contributed by atoms with Gasteiger partial charge in [0.15, 0.2) is 0 Å². The molecule has 1 atom stereocenters. The predicted molar refractivity (Wildman–Crippen MR) is 72.1 cm³/mol. The zero-order valence-corrected chi connectivity index (χ0v) is 10.9. The number of hydrogen-bond donors (Lipinski definition) is 3. The van der Waals surface area contributed by atoms with Gasteiger partial charge in [0, 0.05) is 10.9 Å². The molecule has 0 bridgehead atoms. The fraction of sp³-hybridized carbons (Fsp3) is 0.286. The smallest absolute Gasteiger partial charge is 0.329 e. The summed E-state index contributed by atoms with van der Waals surface area (Å²) in [7, 11) is 0. The molecule has 0 fully saturated rings. The van der Waals surface area contributed by atoms with Crippen LogP contribution in [0.4, 0.5) is 0 Å². The number of carboxylic acids is 1. The molecule has 3 N–H and O–H groups in total. The molecule has 1 heterocycles. The first-order chi connectivity index (χ1) is 8.96. The molecule has 5 heteroatoms. The van der Waals surface area contributed by atoms with Gasteiger partial charge in [0.05, 0.1) is 0 Å². The fourth-order valence-corrected chi connectivity index (χ4v) is 1.81. The SMILES string of the molecule is CCC(C)(NC(=O)c1cc2ccccc2[nH]1)C(=O)O. The summed E-state index contributed by atoms with van der Waals surface area (Å²) in [5.41, 5.74) is -0.0442. The van der Waals surface area contributed by atoms with E-state index in [0.29, 0.717) is 12.1 Å². The number of benzene rings is 1. The average molecular weight is 260 g/mol. The largest absolute Gasteiger partial charge is 0.480 e. The summed E-state index contributed by atoms with van der Waals surface area (Å²) in [4.78, 5) is 26.2. The molecular weight excluding hydrogens is 244 g/mol. The summed E-state index contributed by atoms with van der Waals surface area (Å²) in [5.74, 6) is -1.46. The van der Waals surface area contributed by atoms with Crippen LogP contribution in [0.5, 0.6) is 0 Å². The average Bonchev–Trinajstić information content (AvgIpc) is 2.82. The number of fused-ring (bicyclic) bond motifs is 1. The standard InChI is InChI=1S/C14H16N2O3/c1-3-14(2,13(18)19)16-12(17)11-8-9-6-4-5-7-10(9)15-11/h4-8,15H,3H2,1-2H3,(H,16,17)(H,18,19). The minimum Gasteiger partial charge on any atom is -0.480 e. The minimum absolute atomic E-state index is 0.314. The van der Waals surface area contributed by atoms with E-state index in [9.17, 15) is 9.59 Å². The molecule has 0 saturated carbocycles. The first kappa shape index (κ1) is 13.1. The topological polar surface area (TPSA) is 82.2 Å². The van der Waals surface area contributed by atoms with Crippen LogP contribution < -0.4 is 5.32 Å². The molecule has 0 aliphatic heterocycles. The highest BCUT2D eigenvalue weighted by atomic mass is 16.4. The number of amides is 1. The Morgan fingerprint density at radius 1 is 1.37 bits per heavy atom. The Bertz CT molecular complexity index is 599. The van der Waals surface area contributed by atoms with Crippen LogP contribution in [0.25, 0.3) is 10.9 Å². The Morgan fingerprint density at radius 2 is 2.05 bits per heavy atom. The lowest BCUT2D eigenvalue weighted by molar-refractivity contribution is -0.143. The van der Waals surface area contributed by atoms with Gasteiger partial charge in [-0.05, 0) is 25.5 Å². The van der Waals surface area contributed by atoms with E-state index in [1.807, 2.05) is 24.3 Å². The number of H-pyrrole nitrogens is 1. The molecule has 0 spiro atoms. The third-order valence-corrected chi connectivity index (χ3v) is 3.34. The highest BCUT2D eigenvalue weighted by molar-refractivity contribution is 6.00. The maximum absolute atomic E-state index is 12.1. The van der Waals surface area contributed by atoms with Crippen molar-refractivity contribution >= 4 is 22.8 Å². The molecule has 1 aromatic heterocycles. The summed E-state index contributed by atoms with van der Waals surface area (Å²) < 4.78 is 0. The van der Waals surface area contributed by atoms with E-state index in [0.717, 1.165) is 10.9 Å². The first-order valence-corrected chi connectivity index (χ1v) is 6.10. The number of nitrogens with one attached hydrogen (secondary N) is 2. The highest BCUT2D eigenvalue weighted by Gasteiger charge is 2.33. The van der Waals surface area contributed by atoms with E-state index >= 15 is 0 Å². The Balaban J connectivity index is 2.27. The lowest BCUT2D eigenvalue weighted by Crippen LogP contribution is -2.51. The molecule has 100 valence electrons. The van der Waals surface area contributed by atoms with Gasteiger partial charge in [-0.15, -0.1) is 0 Å². The number of carboxylic acid groups (broad SMARTS) is 1. The van der Waals surface area contributed by atoms with E-state index in [4.69, 9.17) is 5.11 Å². The number of para-hydroxylation sites is 1. The van der Waals surface area contributed by atoms with Gasteiger partial charge >= 0.3 is 5.97 Å². The van der Waals surface area contributed by atoms with Crippen LogP contribution in [0.3, 0.4) is 0 Å². The molecule has 1 aromatic carbocycles. The van der Waals surface area contributed by atoms with E-state index in [1.165, 1.54) is 6.92 Å². The summed E-state index contributed by atoms with van der Waals surface area (Å²) in [6.45, 7) is 3.22. The number of rotatable bonds is 4. The van der Waals surface area contributed by atoms with E-state index in [-0.39, 0.29) is 0 Å². The second-order valence-electron chi connectivity index (χ2n) is 4.72. The maximum Gasteiger partial charge on any atom is 0.329 e. The fourth-order valence-electron chi connectivity index (χ4n) is 1.81. The first-order valence-electron chi connectivity index (χ1n) is 6.10. The number of aliphatic carboxylic acids is 1. The molecule has 0 radical (unpaired) electrons. The molecule has 5 nitrogen and oxygen atoms in total. The van der Waals surface area contributed by atoms with Gasteiger partial charge in [-0.1, -0.05) is 25.1 Å².